The number of carbonyl (C=O) groups excluding carboxylic acids is 2. The molecule has 0 aliphatic carbocycles. The number of carbonyl (C=O) groups is 2. The Balaban J connectivity index is 1.03. The maximum Gasteiger partial charge on any atom is 0.251 e. The van der Waals surface area contributed by atoms with Crippen molar-refractivity contribution in [3.8, 4) is 11.1 Å². The molecule has 0 spiro atoms. The molecular formula is C43H46N4O6S. The van der Waals surface area contributed by atoms with Crippen LogP contribution in [0.1, 0.15) is 73.2 Å². The maximum absolute atomic E-state index is 12.7. The summed E-state index contributed by atoms with van der Waals surface area (Å²) in [6.45, 7) is 0.369. The smallest absolute Gasteiger partial charge is 0.251 e. The summed E-state index contributed by atoms with van der Waals surface area (Å²) >= 11 is 1.46. The lowest BCUT2D eigenvalue weighted by molar-refractivity contribution is -0.645. The molecule has 10 nitrogen and oxygen atoms in total. The summed E-state index contributed by atoms with van der Waals surface area (Å²) in [6, 6.07) is 36.4. The normalized spacial score (nSPS) is 16.8. The standard InChI is InChI=1S/C43H46N4O6S/c44-37-12-6-7-13-38(37)46-41(50)15-3-1-2-14-40(49)45-27-34-10-4-5-11-36(34)31-21-23-33(24-22-31)43-52-35(29-54-42-16-8-9-25-47(42)51)26-39(53-43)32-19-17-30(28-48)18-20-32/h4-13,16-25,35,39,43,48H,1-3,14-15,26-29,44H2,(H,45,49)(H,46,50)/t35-,39+,43+/m0/s1. The highest BCUT2D eigenvalue weighted by Gasteiger charge is 2.32. The van der Waals surface area contributed by atoms with Crippen LogP contribution >= 0.6 is 11.8 Å². The zero-order valence-electron chi connectivity index (χ0n) is 30.1. The number of nitrogen functional groups attached to an aromatic ring is 1. The minimum absolute atomic E-state index is 0.0273. The predicted octanol–water partition coefficient (Wildman–Crippen LogP) is 7.60. The molecule has 5 aromatic rings. The van der Waals surface area contributed by atoms with E-state index in [4.69, 9.17) is 15.2 Å². The second-order valence-electron chi connectivity index (χ2n) is 13.3. The number of thioether (sulfide) groups is 1. The van der Waals surface area contributed by atoms with Crippen LogP contribution in [0.3, 0.4) is 0 Å². The second kappa shape index (κ2) is 19.2. The van der Waals surface area contributed by atoms with Crippen molar-refractivity contribution in [2.45, 2.75) is 75.2 Å². The number of para-hydroxylation sites is 2. The lowest BCUT2D eigenvalue weighted by Crippen LogP contribution is -2.32. The molecule has 5 N–H and O–H groups in total. The van der Waals surface area contributed by atoms with Crippen molar-refractivity contribution in [3.63, 3.8) is 0 Å². The molecule has 54 heavy (non-hydrogen) atoms. The van der Waals surface area contributed by atoms with Gasteiger partial charge < -0.3 is 36.2 Å². The molecule has 3 atom stereocenters. The fourth-order valence-electron chi connectivity index (χ4n) is 6.35. The Labute approximate surface area is 320 Å². The summed E-state index contributed by atoms with van der Waals surface area (Å²) in [7, 11) is 0. The molecule has 0 saturated carbocycles. The van der Waals surface area contributed by atoms with Crippen molar-refractivity contribution in [2.24, 2.45) is 0 Å². The quantitative estimate of drug-likeness (QED) is 0.0265. The molecule has 0 bridgehead atoms. The number of hydrogen-bond donors (Lipinski definition) is 4. The number of nitrogens with zero attached hydrogens (tertiary/aromatic N) is 1. The van der Waals surface area contributed by atoms with Crippen molar-refractivity contribution in [1.82, 2.24) is 5.32 Å². The van der Waals surface area contributed by atoms with Crippen molar-refractivity contribution in [2.75, 3.05) is 16.8 Å². The minimum atomic E-state index is -0.623. The highest BCUT2D eigenvalue weighted by Crippen LogP contribution is 2.40. The van der Waals surface area contributed by atoms with Gasteiger partial charge in [0, 0.05) is 49.3 Å². The Hall–Kier alpha value is -5.20. The third kappa shape index (κ3) is 10.7. The van der Waals surface area contributed by atoms with E-state index in [0.29, 0.717) is 60.8 Å². The average Bonchev–Trinajstić information content (AvgIpc) is 3.20. The molecule has 1 saturated heterocycles. The monoisotopic (exact) mass is 746 g/mol. The number of nitrogens with two attached hydrogens (primary N) is 1. The SMILES string of the molecule is Nc1ccccc1NC(=O)CCCCCC(=O)NCc1ccccc1-c1ccc([C@@H]2O[C@H](CSc3cccc[n+]3[O-])C[C@H](c3ccc(CO)cc3)O2)cc1. The van der Waals surface area contributed by atoms with Gasteiger partial charge in [-0.3, -0.25) is 9.59 Å². The molecule has 0 unspecified atom stereocenters. The van der Waals surface area contributed by atoms with Crippen molar-refractivity contribution >= 4 is 35.0 Å². The molecule has 11 heteroatoms. The molecule has 2 amide bonds. The minimum Gasteiger partial charge on any atom is -0.618 e. The summed E-state index contributed by atoms with van der Waals surface area (Å²) in [5, 5.41) is 28.3. The molecule has 6 rings (SSSR count). The highest BCUT2D eigenvalue weighted by atomic mass is 32.2. The first-order valence-electron chi connectivity index (χ1n) is 18.3. The lowest BCUT2D eigenvalue weighted by Gasteiger charge is -2.36. The zero-order valence-corrected chi connectivity index (χ0v) is 30.9. The molecule has 1 fully saturated rings. The Bertz CT molecular complexity index is 1990. The van der Waals surface area contributed by atoms with Crippen LogP contribution in [0.2, 0.25) is 0 Å². The van der Waals surface area contributed by atoms with Crippen molar-refractivity contribution in [3.05, 3.63) is 149 Å². The fourth-order valence-corrected chi connectivity index (χ4v) is 7.29. The van der Waals surface area contributed by atoms with E-state index in [2.05, 4.69) is 10.6 Å². The molecule has 1 aliphatic rings. The van der Waals surface area contributed by atoms with E-state index in [1.807, 2.05) is 91.0 Å². The van der Waals surface area contributed by atoms with Gasteiger partial charge in [-0.1, -0.05) is 103 Å². The first-order chi connectivity index (χ1) is 26.4. The summed E-state index contributed by atoms with van der Waals surface area (Å²) in [4.78, 5) is 25.0. The zero-order chi connectivity index (χ0) is 37.7. The van der Waals surface area contributed by atoms with E-state index in [1.165, 1.54) is 18.0 Å². The summed E-state index contributed by atoms with van der Waals surface area (Å²) in [5.41, 5.74) is 12.8. The fraction of sp³-hybridized carbons (Fsp3) is 0.279. The summed E-state index contributed by atoms with van der Waals surface area (Å²) in [6.07, 6.45) is 3.99. The molecule has 0 radical (unpaired) electrons. The Morgan fingerprint density at radius 2 is 1.52 bits per heavy atom. The van der Waals surface area contributed by atoms with Crippen LogP contribution in [0, 0.1) is 5.21 Å². The number of rotatable bonds is 16. The first kappa shape index (κ1) is 38.5. The number of pyridine rings is 1. The number of ether oxygens (including phenoxy) is 2. The van der Waals surface area contributed by atoms with E-state index < -0.39 is 6.29 Å². The number of aromatic nitrogens is 1. The molecule has 1 aliphatic heterocycles. The lowest BCUT2D eigenvalue weighted by atomic mass is 9.97. The molecule has 4 aromatic carbocycles. The number of nitrogens with one attached hydrogen (secondary N) is 2. The van der Waals surface area contributed by atoms with Crippen molar-refractivity contribution < 1.29 is 28.9 Å². The van der Waals surface area contributed by atoms with E-state index in [-0.39, 0.29) is 30.6 Å². The van der Waals surface area contributed by atoms with E-state index in [0.717, 1.165) is 44.5 Å². The highest BCUT2D eigenvalue weighted by molar-refractivity contribution is 7.99. The van der Waals surface area contributed by atoms with Crippen LogP contribution in [0.25, 0.3) is 11.1 Å². The molecule has 2 heterocycles. The van der Waals surface area contributed by atoms with Gasteiger partial charge in [0.2, 0.25) is 11.8 Å². The number of anilines is 2. The molecular weight excluding hydrogens is 701 g/mol. The summed E-state index contributed by atoms with van der Waals surface area (Å²) < 4.78 is 13.9. The van der Waals surface area contributed by atoms with Gasteiger partial charge in [-0.05, 0) is 58.9 Å². The number of unbranched alkanes of at least 4 members (excludes halogenated alkanes) is 2. The number of benzene rings is 4. The molecule has 1 aromatic heterocycles. The van der Waals surface area contributed by atoms with E-state index in [1.54, 1.807) is 24.3 Å². The number of hydrogen-bond acceptors (Lipinski definition) is 8. The number of aliphatic hydroxyl groups excluding tert-OH is 1. The third-order valence-electron chi connectivity index (χ3n) is 9.35. The van der Waals surface area contributed by atoms with Crippen LogP contribution < -0.4 is 21.1 Å². The van der Waals surface area contributed by atoms with Gasteiger partial charge in [0.25, 0.3) is 5.03 Å². The Morgan fingerprint density at radius 3 is 2.28 bits per heavy atom. The van der Waals surface area contributed by atoms with Crippen LogP contribution in [-0.2, 0) is 32.2 Å². The van der Waals surface area contributed by atoms with Gasteiger partial charge in [-0.25, -0.2) is 0 Å². The van der Waals surface area contributed by atoms with Gasteiger partial charge in [-0.2, -0.15) is 4.73 Å². The Kier molecular flexibility index (Phi) is 13.7. The van der Waals surface area contributed by atoms with Gasteiger partial charge in [0.1, 0.15) is 0 Å². The van der Waals surface area contributed by atoms with Crippen LogP contribution in [0.4, 0.5) is 11.4 Å². The van der Waals surface area contributed by atoms with Gasteiger partial charge in [-0.15, -0.1) is 0 Å². The van der Waals surface area contributed by atoms with E-state index in [9.17, 15) is 19.9 Å². The maximum atomic E-state index is 12.7. The number of amides is 2. The average molecular weight is 747 g/mol. The van der Waals surface area contributed by atoms with Crippen LogP contribution in [-0.4, -0.2) is 28.8 Å². The molecule has 280 valence electrons. The van der Waals surface area contributed by atoms with Crippen LogP contribution in [0.5, 0.6) is 0 Å². The van der Waals surface area contributed by atoms with Gasteiger partial charge >= 0.3 is 0 Å². The third-order valence-corrected chi connectivity index (χ3v) is 10.5. The Morgan fingerprint density at radius 1 is 0.815 bits per heavy atom. The predicted molar refractivity (Wildman–Crippen MR) is 211 cm³/mol. The number of aliphatic hydroxyl groups is 1. The first-order valence-corrected chi connectivity index (χ1v) is 19.3. The second-order valence-corrected chi connectivity index (χ2v) is 14.3. The van der Waals surface area contributed by atoms with E-state index >= 15 is 0 Å². The topological polar surface area (TPSA) is 150 Å². The van der Waals surface area contributed by atoms with Gasteiger partial charge in [0.15, 0.2) is 12.5 Å². The van der Waals surface area contributed by atoms with Crippen molar-refractivity contribution in [1.29, 1.82) is 0 Å². The van der Waals surface area contributed by atoms with Gasteiger partial charge in [0.05, 0.1) is 30.2 Å². The van der Waals surface area contributed by atoms with Crippen LogP contribution in [0.15, 0.2) is 126 Å². The summed E-state index contributed by atoms with van der Waals surface area (Å²) in [5.74, 6) is 0.464. The largest absolute Gasteiger partial charge is 0.618 e.